The third kappa shape index (κ3) is 3.70. The maximum absolute atomic E-state index is 12.0. The highest BCUT2D eigenvalue weighted by Crippen LogP contribution is 2.15. The molecule has 0 amide bonds. The predicted molar refractivity (Wildman–Crippen MR) is 71.4 cm³/mol. The highest BCUT2D eigenvalue weighted by atomic mass is 16.4. The third-order valence-corrected chi connectivity index (χ3v) is 2.58. The second-order valence-electron chi connectivity index (χ2n) is 4.30. The Morgan fingerprint density at radius 3 is 2.22 bits per heavy atom. The second kappa shape index (κ2) is 5.96. The molecule has 0 saturated carbocycles. The molecule has 0 fully saturated rings. The van der Waals surface area contributed by atoms with E-state index in [2.05, 4.69) is 6.58 Å². The third-order valence-electron chi connectivity index (χ3n) is 2.58. The average molecular weight is 244 g/mol. The Labute approximate surface area is 106 Å². The number of benzene rings is 1. The molecule has 1 aromatic rings. The summed E-state index contributed by atoms with van der Waals surface area (Å²) in [5.74, 6) is -0.953. The van der Waals surface area contributed by atoms with Crippen molar-refractivity contribution in [2.45, 2.75) is 13.8 Å². The average Bonchev–Trinajstić information content (AvgIpc) is 2.35. The lowest BCUT2D eigenvalue weighted by atomic mass is 9.95. The maximum atomic E-state index is 12.0. The maximum Gasteiger partial charge on any atom is 0.328 e. The number of aliphatic carboxylic acids is 1. The van der Waals surface area contributed by atoms with Crippen LogP contribution in [0.15, 0.2) is 42.5 Å². The Bertz CT molecular complexity index is 493. The number of Topliss-reactive ketones (excluding diaryl/α,β-unsaturated/α-hetero) is 1. The van der Waals surface area contributed by atoms with Crippen molar-refractivity contribution < 1.29 is 14.7 Å². The van der Waals surface area contributed by atoms with Gasteiger partial charge in [-0.3, -0.25) is 4.79 Å². The van der Waals surface area contributed by atoms with Gasteiger partial charge >= 0.3 is 5.97 Å². The number of hydrogen-bond donors (Lipinski definition) is 1. The molecular weight excluding hydrogens is 228 g/mol. The van der Waals surface area contributed by atoms with Gasteiger partial charge < -0.3 is 5.11 Å². The lowest BCUT2D eigenvalue weighted by molar-refractivity contribution is -0.131. The van der Waals surface area contributed by atoms with Gasteiger partial charge in [0.2, 0.25) is 0 Å². The highest BCUT2D eigenvalue weighted by molar-refractivity contribution is 6.08. The Morgan fingerprint density at radius 1 is 1.22 bits per heavy atom. The van der Waals surface area contributed by atoms with Crippen LogP contribution in [0.5, 0.6) is 0 Å². The normalized spacial score (nSPS) is 10.8. The standard InChI is InChI=1S/C15H16O3/c1-10(2)11(3)15(18)13-7-4-12(5-8-13)6-9-14(16)17/h4-10H,3H2,1-2H3,(H,16,17)/b9-6+. The van der Waals surface area contributed by atoms with Gasteiger partial charge in [-0.15, -0.1) is 0 Å². The van der Waals surface area contributed by atoms with E-state index in [1.165, 1.54) is 6.08 Å². The molecule has 0 spiro atoms. The minimum atomic E-state index is -0.997. The Kier molecular flexibility index (Phi) is 4.60. The Balaban J connectivity index is 2.86. The van der Waals surface area contributed by atoms with Crippen molar-refractivity contribution in [1.29, 1.82) is 0 Å². The van der Waals surface area contributed by atoms with Gasteiger partial charge in [0.25, 0.3) is 0 Å². The van der Waals surface area contributed by atoms with E-state index in [0.717, 1.165) is 11.6 Å². The summed E-state index contributed by atoms with van der Waals surface area (Å²) in [6.45, 7) is 7.61. The number of carbonyl (C=O) groups is 2. The smallest absolute Gasteiger partial charge is 0.328 e. The monoisotopic (exact) mass is 244 g/mol. The van der Waals surface area contributed by atoms with Crippen molar-refractivity contribution in [3.05, 3.63) is 53.6 Å². The largest absolute Gasteiger partial charge is 0.478 e. The van der Waals surface area contributed by atoms with Crippen molar-refractivity contribution in [2.24, 2.45) is 5.92 Å². The number of allylic oxidation sites excluding steroid dienone is 1. The molecule has 0 saturated heterocycles. The molecule has 0 aliphatic carbocycles. The van der Waals surface area contributed by atoms with Gasteiger partial charge in [-0.1, -0.05) is 44.7 Å². The first kappa shape index (κ1) is 13.9. The van der Waals surface area contributed by atoms with E-state index >= 15 is 0 Å². The van der Waals surface area contributed by atoms with Gasteiger partial charge in [0.15, 0.2) is 5.78 Å². The molecule has 0 atom stereocenters. The zero-order valence-corrected chi connectivity index (χ0v) is 10.5. The van der Waals surface area contributed by atoms with Crippen LogP contribution in [0, 0.1) is 5.92 Å². The molecule has 3 nitrogen and oxygen atoms in total. The van der Waals surface area contributed by atoms with Gasteiger partial charge in [0, 0.05) is 11.6 Å². The number of carbonyl (C=O) groups excluding carboxylic acids is 1. The molecule has 0 aromatic heterocycles. The fraction of sp³-hybridized carbons (Fsp3) is 0.200. The molecule has 0 unspecified atom stereocenters. The summed E-state index contributed by atoms with van der Waals surface area (Å²) in [4.78, 5) is 22.3. The Morgan fingerprint density at radius 2 is 1.78 bits per heavy atom. The van der Waals surface area contributed by atoms with Crippen LogP contribution in [0.25, 0.3) is 6.08 Å². The molecular formula is C15H16O3. The summed E-state index contributed by atoms with van der Waals surface area (Å²) in [6, 6.07) is 6.77. The van der Waals surface area contributed by atoms with Gasteiger partial charge in [-0.25, -0.2) is 4.79 Å². The number of rotatable bonds is 5. The first-order valence-corrected chi connectivity index (χ1v) is 5.66. The van der Waals surface area contributed by atoms with Crippen molar-refractivity contribution in [2.75, 3.05) is 0 Å². The lowest BCUT2D eigenvalue weighted by Gasteiger charge is -2.08. The molecule has 18 heavy (non-hydrogen) atoms. The van der Waals surface area contributed by atoms with Gasteiger partial charge in [0.05, 0.1) is 0 Å². The SMILES string of the molecule is C=C(C(=O)c1ccc(/C=C/C(=O)O)cc1)C(C)C. The van der Waals surface area contributed by atoms with Crippen LogP contribution in [-0.2, 0) is 4.79 Å². The van der Waals surface area contributed by atoms with Crippen LogP contribution in [0.3, 0.4) is 0 Å². The predicted octanol–water partition coefficient (Wildman–Crippen LogP) is 3.18. The number of carboxylic acid groups (broad SMARTS) is 1. The van der Waals surface area contributed by atoms with Crippen LogP contribution in [0.2, 0.25) is 0 Å². The summed E-state index contributed by atoms with van der Waals surface area (Å²) in [7, 11) is 0. The van der Waals surface area contributed by atoms with Crippen LogP contribution in [0.1, 0.15) is 29.8 Å². The molecule has 94 valence electrons. The molecule has 0 radical (unpaired) electrons. The van der Waals surface area contributed by atoms with E-state index in [1.54, 1.807) is 24.3 Å². The van der Waals surface area contributed by atoms with Crippen molar-refractivity contribution >= 4 is 17.8 Å². The topological polar surface area (TPSA) is 54.4 Å². The second-order valence-corrected chi connectivity index (χ2v) is 4.30. The van der Waals surface area contributed by atoms with Gasteiger partial charge in [0.1, 0.15) is 0 Å². The summed E-state index contributed by atoms with van der Waals surface area (Å²) in [5, 5.41) is 8.50. The zero-order chi connectivity index (χ0) is 13.7. The fourth-order valence-corrected chi connectivity index (χ4v) is 1.36. The van der Waals surface area contributed by atoms with E-state index < -0.39 is 5.97 Å². The molecule has 0 heterocycles. The van der Waals surface area contributed by atoms with Gasteiger partial charge in [-0.2, -0.15) is 0 Å². The molecule has 1 N–H and O–H groups in total. The number of carboxylic acids is 1. The van der Waals surface area contributed by atoms with Crippen LogP contribution in [0.4, 0.5) is 0 Å². The number of hydrogen-bond acceptors (Lipinski definition) is 2. The summed E-state index contributed by atoms with van der Waals surface area (Å²) >= 11 is 0. The van der Waals surface area contributed by atoms with Gasteiger partial charge in [-0.05, 0) is 23.1 Å². The van der Waals surface area contributed by atoms with E-state index in [9.17, 15) is 9.59 Å². The molecule has 1 rings (SSSR count). The molecule has 3 heteroatoms. The summed E-state index contributed by atoms with van der Waals surface area (Å²) < 4.78 is 0. The summed E-state index contributed by atoms with van der Waals surface area (Å²) in [5.41, 5.74) is 1.88. The van der Waals surface area contributed by atoms with Crippen LogP contribution >= 0.6 is 0 Å². The Hall–Kier alpha value is -2.16. The van der Waals surface area contributed by atoms with E-state index in [-0.39, 0.29) is 11.7 Å². The lowest BCUT2D eigenvalue weighted by Crippen LogP contribution is -2.07. The minimum Gasteiger partial charge on any atom is -0.478 e. The van der Waals surface area contributed by atoms with Crippen molar-refractivity contribution in [3.63, 3.8) is 0 Å². The number of ketones is 1. The molecule has 0 bridgehead atoms. The summed E-state index contributed by atoms with van der Waals surface area (Å²) in [6.07, 6.45) is 2.54. The highest BCUT2D eigenvalue weighted by Gasteiger charge is 2.12. The first-order valence-electron chi connectivity index (χ1n) is 5.66. The van der Waals surface area contributed by atoms with Crippen molar-refractivity contribution in [3.8, 4) is 0 Å². The molecule has 1 aromatic carbocycles. The van der Waals surface area contributed by atoms with Crippen molar-refractivity contribution in [1.82, 2.24) is 0 Å². The zero-order valence-electron chi connectivity index (χ0n) is 10.5. The van der Waals surface area contributed by atoms with E-state index in [4.69, 9.17) is 5.11 Å². The quantitative estimate of drug-likeness (QED) is 0.639. The molecule has 0 aliphatic heterocycles. The van der Waals surface area contributed by atoms with Crippen LogP contribution < -0.4 is 0 Å². The van der Waals surface area contributed by atoms with E-state index in [0.29, 0.717) is 11.1 Å². The fourth-order valence-electron chi connectivity index (χ4n) is 1.36. The van der Waals surface area contributed by atoms with Crippen LogP contribution in [-0.4, -0.2) is 16.9 Å². The molecule has 0 aliphatic rings. The minimum absolute atomic E-state index is 0.0706. The van der Waals surface area contributed by atoms with E-state index in [1.807, 2.05) is 13.8 Å². The first-order chi connectivity index (χ1) is 8.41.